The highest BCUT2D eigenvalue weighted by atomic mass is 16.5. The molecule has 3 nitrogen and oxygen atoms in total. The van der Waals surface area contributed by atoms with Gasteiger partial charge in [-0.15, -0.1) is 0 Å². The van der Waals surface area contributed by atoms with Crippen molar-refractivity contribution in [1.82, 2.24) is 0 Å². The topological polar surface area (TPSA) is 39.4 Å². The minimum absolute atomic E-state index is 0.0276. The Morgan fingerprint density at radius 3 is 2.21 bits per heavy atom. The van der Waals surface area contributed by atoms with Crippen LogP contribution in [0.25, 0.3) is 11.0 Å². The standard InChI is InChI=1S/C25H22O3/c26-23-16-17-27-25-21(23)14-15-24(28-18-20-10-5-2-6-11-20)22(25)13-7-12-19-8-3-1-4-9-19/h1-6,8-11,14-17H,7,12-13,18H2. The van der Waals surface area contributed by atoms with Gasteiger partial charge >= 0.3 is 0 Å². The smallest absolute Gasteiger partial charge is 0.192 e. The predicted octanol–water partition coefficient (Wildman–Crippen LogP) is 5.55. The number of aryl methyl sites for hydroxylation is 2. The Balaban J connectivity index is 1.60. The third-order valence-electron chi connectivity index (χ3n) is 4.86. The molecule has 0 N–H and O–H groups in total. The van der Waals surface area contributed by atoms with Gasteiger partial charge in [-0.25, -0.2) is 0 Å². The van der Waals surface area contributed by atoms with Gasteiger partial charge in [-0.2, -0.15) is 0 Å². The Hall–Kier alpha value is -3.33. The molecule has 0 radical (unpaired) electrons. The molecule has 0 spiro atoms. The van der Waals surface area contributed by atoms with E-state index >= 15 is 0 Å². The van der Waals surface area contributed by atoms with Crippen molar-refractivity contribution in [2.24, 2.45) is 0 Å². The van der Waals surface area contributed by atoms with Gasteiger partial charge in [0.2, 0.25) is 0 Å². The Labute approximate surface area is 164 Å². The van der Waals surface area contributed by atoms with Crippen LogP contribution in [-0.2, 0) is 19.4 Å². The summed E-state index contributed by atoms with van der Waals surface area (Å²) in [4.78, 5) is 12.2. The summed E-state index contributed by atoms with van der Waals surface area (Å²) in [5.74, 6) is 0.777. The van der Waals surface area contributed by atoms with Crippen molar-refractivity contribution in [2.75, 3.05) is 0 Å². The first-order valence-corrected chi connectivity index (χ1v) is 9.55. The summed E-state index contributed by atoms with van der Waals surface area (Å²) >= 11 is 0. The Bertz CT molecular complexity index is 1100. The van der Waals surface area contributed by atoms with Gasteiger partial charge in [-0.05, 0) is 42.5 Å². The number of hydrogen-bond acceptors (Lipinski definition) is 3. The normalized spacial score (nSPS) is 10.9. The van der Waals surface area contributed by atoms with E-state index < -0.39 is 0 Å². The molecule has 0 aliphatic carbocycles. The molecule has 1 heterocycles. The molecule has 0 saturated carbocycles. The molecular weight excluding hydrogens is 348 g/mol. The highest BCUT2D eigenvalue weighted by molar-refractivity contribution is 5.82. The summed E-state index contributed by atoms with van der Waals surface area (Å²) in [6.07, 6.45) is 4.16. The van der Waals surface area contributed by atoms with E-state index in [1.54, 1.807) is 6.07 Å². The summed E-state index contributed by atoms with van der Waals surface area (Å²) in [6.45, 7) is 0.481. The average Bonchev–Trinajstić information content (AvgIpc) is 2.75. The van der Waals surface area contributed by atoms with Gasteiger partial charge in [0.05, 0.1) is 11.6 Å². The Morgan fingerprint density at radius 1 is 0.750 bits per heavy atom. The van der Waals surface area contributed by atoms with E-state index in [9.17, 15) is 4.79 Å². The lowest BCUT2D eigenvalue weighted by molar-refractivity contribution is 0.302. The van der Waals surface area contributed by atoms with Gasteiger partial charge in [0.25, 0.3) is 0 Å². The summed E-state index contributed by atoms with van der Waals surface area (Å²) in [5.41, 5.74) is 3.97. The molecule has 28 heavy (non-hydrogen) atoms. The van der Waals surface area contributed by atoms with Gasteiger partial charge in [-0.3, -0.25) is 4.79 Å². The molecular formula is C25H22O3. The summed E-state index contributed by atoms with van der Waals surface area (Å²) in [7, 11) is 0. The van der Waals surface area contributed by atoms with Gasteiger partial charge in [0, 0.05) is 11.6 Å². The molecule has 0 saturated heterocycles. The van der Waals surface area contributed by atoms with Crippen molar-refractivity contribution in [1.29, 1.82) is 0 Å². The zero-order valence-corrected chi connectivity index (χ0v) is 15.6. The van der Waals surface area contributed by atoms with Crippen LogP contribution in [-0.4, -0.2) is 0 Å². The predicted molar refractivity (Wildman–Crippen MR) is 112 cm³/mol. The first kappa shape index (κ1) is 18.1. The minimum Gasteiger partial charge on any atom is -0.488 e. The number of rotatable bonds is 7. The Kier molecular flexibility index (Phi) is 5.53. The van der Waals surface area contributed by atoms with E-state index in [0.717, 1.165) is 36.1 Å². The second-order valence-electron chi connectivity index (χ2n) is 6.82. The maximum absolute atomic E-state index is 12.2. The quantitative estimate of drug-likeness (QED) is 0.428. The first-order valence-electron chi connectivity index (χ1n) is 9.55. The molecule has 4 rings (SSSR count). The van der Waals surface area contributed by atoms with E-state index in [-0.39, 0.29) is 5.43 Å². The fourth-order valence-electron chi connectivity index (χ4n) is 3.41. The maximum Gasteiger partial charge on any atom is 0.192 e. The van der Waals surface area contributed by atoms with Crippen molar-refractivity contribution in [3.05, 3.63) is 112 Å². The monoisotopic (exact) mass is 370 g/mol. The number of benzene rings is 3. The third-order valence-corrected chi connectivity index (χ3v) is 4.86. The van der Waals surface area contributed by atoms with E-state index in [2.05, 4.69) is 24.3 Å². The lowest BCUT2D eigenvalue weighted by Crippen LogP contribution is -2.04. The zero-order chi connectivity index (χ0) is 19.2. The van der Waals surface area contributed by atoms with Crippen LogP contribution in [0.15, 0.2) is 94.3 Å². The number of hydrogen-bond donors (Lipinski definition) is 0. The van der Waals surface area contributed by atoms with Crippen LogP contribution in [0.3, 0.4) is 0 Å². The minimum atomic E-state index is -0.0276. The van der Waals surface area contributed by atoms with Crippen molar-refractivity contribution in [2.45, 2.75) is 25.9 Å². The third kappa shape index (κ3) is 4.15. The van der Waals surface area contributed by atoms with Crippen molar-refractivity contribution < 1.29 is 9.15 Å². The van der Waals surface area contributed by atoms with E-state index in [0.29, 0.717) is 17.6 Å². The van der Waals surface area contributed by atoms with Gasteiger partial charge in [-0.1, -0.05) is 60.7 Å². The SMILES string of the molecule is O=c1ccoc2c(CCCc3ccccc3)c(OCc3ccccc3)ccc12. The summed E-state index contributed by atoms with van der Waals surface area (Å²) in [5, 5.41) is 0.601. The number of fused-ring (bicyclic) bond motifs is 1. The molecule has 0 amide bonds. The molecule has 3 aromatic carbocycles. The van der Waals surface area contributed by atoms with Crippen LogP contribution in [0.5, 0.6) is 5.75 Å². The van der Waals surface area contributed by atoms with E-state index in [4.69, 9.17) is 9.15 Å². The second kappa shape index (κ2) is 8.57. The second-order valence-corrected chi connectivity index (χ2v) is 6.82. The van der Waals surface area contributed by atoms with Crippen LogP contribution >= 0.6 is 0 Å². The van der Waals surface area contributed by atoms with Crippen LogP contribution in [0.1, 0.15) is 23.1 Å². The fourth-order valence-corrected chi connectivity index (χ4v) is 3.41. The zero-order valence-electron chi connectivity index (χ0n) is 15.6. The molecule has 0 fully saturated rings. The lowest BCUT2D eigenvalue weighted by atomic mass is 10.0. The molecule has 0 bridgehead atoms. The molecule has 0 aliphatic heterocycles. The first-order chi connectivity index (χ1) is 13.8. The van der Waals surface area contributed by atoms with Crippen molar-refractivity contribution >= 4 is 11.0 Å². The molecule has 1 aromatic heterocycles. The van der Waals surface area contributed by atoms with Crippen LogP contribution in [0, 0.1) is 0 Å². The highest BCUT2D eigenvalue weighted by Gasteiger charge is 2.13. The van der Waals surface area contributed by atoms with Gasteiger partial charge < -0.3 is 9.15 Å². The molecule has 4 aromatic rings. The van der Waals surface area contributed by atoms with Crippen LogP contribution < -0.4 is 10.2 Å². The summed E-state index contributed by atoms with van der Waals surface area (Å²) in [6, 6.07) is 25.6. The molecule has 0 atom stereocenters. The molecule has 140 valence electrons. The van der Waals surface area contributed by atoms with Gasteiger partial charge in [0.1, 0.15) is 17.9 Å². The van der Waals surface area contributed by atoms with E-state index in [1.165, 1.54) is 17.9 Å². The summed E-state index contributed by atoms with van der Waals surface area (Å²) < 4.78 is 11.9. The van der Waals surface area contributed by atoms with Crippen LogP contribution in [0.2, 0.25) is 0 Å². The molecule has 0 aliphatic rings. The van der Waals surface area contributed by atoms with Gasteiger partial charge in [0.15, 0.2) is 5.43 Å². The van der Waals surface area contributed by atoms with Crippen molar-refractivity contribution in [3.8, 4) is 5.75 Å². The lowest BCUT2D eigenvalue weighted by Gasteiger charge is -2.13. The fraction of sp³-hybridized carbons (Fsp3) is 0.160. The molecule has 3 heteroatoms. The molecule has 0 unspecified atom stereocenters. The Morgan fingerprint density at radius 2 is 1.46 bits per heavy atom. The maximum atomic E-state index is 12.2. The largest absolute Gasteiger partial charge is 0.488 e. The van der Waals surface area contributed by atoms with Crippen LogP contribution in [0.4, 0.5) is 0 Å². The van der Waals surface area contributed by atoms with Crippen molar-refractivity contribution in [3.63, 3.8) is 0 Å². The highest BCUT2D eigenvalue weighted by Crippen LogP contribution is 2.29. The van der Waals surface area contributed by atoms with E-state index in [1.807, 2.05) is 42.5 Å². The number of ether oxygens (including phenoxy) is 1. The average molecular weight is 370 g/mol.